The summed E-state index contributed by atoms with van der Waals surface area (Å²) in [5, 5.41) is 7.30. The number of aromatic nitrogens is 3. The number of hydrogen-bond acceptors (Lipinski definition) is 4. The topological polar surface area (TPSA) is 56.7 Å². The zero-order chi connectivity index (χ0) is 13.2. The second kappa shape index (κ2) is 4.85. The van der Waals surface area contributed by atoms with Crippen molar-refractivity contribution in [3.05, 3.63) is 42.0 Å². The van der Waals surface area contributed by atoms with E-state index in [-0.39, 0.29) is 0 Å². The third-order valence-electron chi connectivity index (χ3n) is 2.89. The Morgan fingerprint density at radius 1 is 1.32 bits per heavy atom. The first kappa shape index (κ1) is 11.9. The van der Waals surface area contributed by atoms with Gasteiger partial charge in [0.1, 0.15) is 5.01 Å². The molecule has 0 fully saturated rings. The van der Waals surface area contributed by atoms with Crippen LogP contribution in [-0.2, 0) is 6.54 Å². The van der Waals surface area contributed by atoms with E-state index in [4.69, 9.17) is 5.73 Å². The fourth-order valence-corrected chi connectivity index (χ4v) is 2.71. The van der Waals surface area contributed by atoms with Crippen molar-refractivity contribution in [3.8, 4) is 21.8 Å². The van der Waals surface area contributed by atoms with Crippen molar-refractivity contribution in [1.29, 1.82) is 0 Å². The molecular weight excluding hydrogens is 256 g/mol. The SMILES string of the molecule is CCn1cc(-c2csc(-c3cccc(N)c3)n2)cn1. The summed E-state index contributed by atoms with van der Waals surface area (Å²) >= 11 is 1.62. The molecule has 0 unspecified atom stereocenters. The van der Waals surface area contributed by atoms with Gasteiger partial charge in [-0.25, -0.2) is 4.98 Å². The number of thiazole rings is 1. The van der Waals surface area contributed by atoms with Crippen LogP contribution >= 0.6 is 11.3 Å². The molecule has 0 saturated heterocycles. The number of nitrogens with two attached hydrogens (primary N) is 1. The molecule has 0 amide bonds. The standard InChI is InChI=1S/C14H14N4S/c1-2-18-8-11(7-16-18)13-9-19-14(17-13)10-4-3-5-12(15)6-10/h3-9H,2,15H2,1H3. The van der Waals surface area contributed by atoms with Crippen molar-refractivity contribution in [2.75, 3.05) is 5.73 Å². The van der Waals surface area contributed by atoms with Crippen LogP contribution in [0.3, 0.4) is 0 Å². The van der Waals surface area contributed by atoms with Crippen molar-refractivity contribution in [3.63, 3.8) is 0 Å². The third-order valence-corrected chi connectivity index (χ3v) is 3.78. The number of anilines is 1. The number of aryl methyl sites for hydroxylation is 1. The highest BCUT2D eigenvalue weighted by molar-refractivity contribution is 7.13. The zero-order valence-corrected chi connectivity index (χ0v) is 11.4. The molecule has 0 radical (unpaired) electrons. The van der Waals surface area contributed by atoms with Crippen molar-refractivity contribution >= 4 is 17.0 Å². The van der Waals surface area contributed by atoms with Crippen LogP contribution in [0, 0.1) is 0 Å². The predicted molar refractivity (Wildman–Crippen MR) is 78.9 cm³/mol. The van der Waals surface area contributed by atoms with Gasteiger partial charge < -0.3 is 5.73 Å². The number of benzene rings is 1. The van der Waals surface area contributed by atoms with Gasteiger partial charge in [0.2, 0.25) is 0 Å². The molecule has 2 N–H and O–H groups in total. The molecular formula is C14H14N4S. The predicted octanol–water partition coefficient (Wildman–Crippen LogP) is 3.28. The molecule has 0 saturated carbocycles. The van der Waals surface area contributed by atoms with E-state index < -0.39 is 0 Å². The molecule has 0 bridgehead atoms. The summed E-state index contributed by atoms with van der Waals surface area (Å²) in [7, 11) is 0. The largest absolute Gasteiger partial charge is 0.399 e. The van der Waals surface area contributed by atoms with E-state index in [0.29, 0.717) is 0 Å². The van der Waals surface area contributed by atoms with Gasteiger partial charge in [0, 0.05) is 34.9 Å². The molecule has 4 nitrogen and oxygen atoms in total. The maximum absolute atomic E-state index is 5.80. The van der Waals surface area contributed by atoms with E-state index in [1.54, 1.807) is 11.3 Å². The molecule has 2 aromatic heterocycles. The molecule has 0 spiro atoms. The lowest BCUT2D eigenvalue weighted by Gasteiger charge is -1.97. The Hall–Kier alpha value is -2.14. The van der Waals surface area contributed by atoms with Crippen molar-refractivity contribution < 1.29 is 0 Å². The van der Waals surface area contributed by atoms with E-state index in [9.17, 15) is 0 Å². The van der Waals surface area contributed by atoms with E-state index in [1.807, 2.05) is 41.3 Å². The van der Waals surface area contributed by atoms with Gasteiger partial charge in [0.25, 0.3) is 0 Å². The highest BCUT2D eigenvalue weighted by atomic mass is 32.1. The summed E-state index contributed by atoms with van der Waals surface area (Å²) in [6, 6.07) is 7.79. The average Bonchev–Trinajstić information content (AvgIpc) is 3.07. The first-order chi connectivity index (χ1) is 9.26. The average molecular weight is 270 g/mol. The molecule has 5 heteroatoms. The maximum Gasteiger partial charge on any atom is 0.124 e. The van der Waals surface area contributed by atoms with E-state index in [0.717, 1.165) is 34.1 Å². The van der Waals surface area contributed by atoms with Gasteiger partial charge in [-0.3, -0.25) is 4.68 Å². The molecule has 1 aromatic carbocycles. The Morgan fingerprint density at radius 3 is 2.95 bits per heavy atom. The van der Waals surface area contributed by atoms with Crippen LogP contribution in [0.5, 0.6) is 0 Å². The van der Waals surface area contributed by atoms with Crippen LogP contribution in [0.25, 0.3) is 21.8 Å². The minimum Gasteiger partial charge on any atom is -0.399 e. The second-order valence-electron chi connectivity index (χ2n) is 4.25. The fourth-order valence-electron chi connectivity index (χ4n) is 1.88. The Kier molecular flexibility index (Phi) is 3.05. The first-order valence-electron chi connectivity index (χ1n) is 6.10. The molecule has 0 aliphatic heterocycles. The van der Waals surface area contributed by atoms with Gasteiger partial charge in [-0.2, -0.15) is 5.10 Å². The number of rotatable bonds is 3. The molecule has 19 heavy (non-hydrogen) atoms. The highest BCUT2D eigenvalue weighted by Gasteiger charge is 2.08. The van der Waals surface area contributed by atoms with Gasteiger partial charge in [0.05, 0.1) is 11.9 Å². The van der Waals surface area contributed by atoms with Crippen LogP contribution in [0.4, 0.5) is 5.69 Å². The smallest absolute Gasteiger partial charge is 0.124 e. The lowest BCUT2D eigenvalue weighted by molar-refractivity contribution is 0.660. The Bertz CT molecular complexity index is 699. The summed E-state index contributed by atoms with van der Waals surface area (Å²) in [6.45, 7) is 2.93. The van der Waals surface area contributed by atoms with Crippen LogP contribution in [0.2, 0.25) is 0 Å². The van der Waals surface area contributed by atoms with E-state index in [1.165, 1.54) is 0 Å². The number of nitrogens with zero attached hydrogens (tertiary/aromatic N) is 3. The molecule has 96 valence electrons. The highest BCUT2D eigenvalue weighted by Crippen LogP contribution is 2.29. The van der Waals surface area contributed by atoms with Crippen LogP contribution < -0.4 is 5.73 Å². The fraction of sp³-hybridized carbons (Fsp3) is 0.143. The number of nitrogen functional groups attached to an aromatic ring is 1. The molecule has 2 heterocycles. The molecule has 3 aromatic rings. The molecule has 0 atom stereocenters. The summed E-state index contributed by atoms with van der Waals surface area (Å²) < 4.78 is 1.90. The van der Waals surface area contributed by atoms with Crippen molar-refractivity contribution in [2.24, 2.45) is 0 Å². The number of hydrogen-bond donors (Lipinski definition) is 1. The minimum absolute atomic E-state index is 0.757. The van der Waals surface area contributed by atoms with E-state index >= 15 is 0 Å². The van der Waals surface area contributed by atoms with Crippen LogP contribution in [-0.4, -0.2) is 14.8 Å². The second-order valence-corrected chi connectivity index (χ2v) is 5.11. The lowest BCUT2D eigenvalue weighted by atomic mass is 10.2. The maximum atomic E-state index is 5.80. The Morgan fingerprint density at radius 2 is 2.21 bits per heavy atom. The van der Waals surface area contributed by atoms with Gasteiger partial charge in [-0.15, -0.1) is 11.3 Å². The molecule has 0 aliphatic rings. The van der Waals surface area contributed by atoms with Gasteiger partial charge in [-0.1, -0.05) is 12.1 Å². The monoisotopic (exact) mass is 270 g/mol. The van der Waals surface area contributed by atoms with Crippen molar-refractivity contribution in [1.82, 2.24) is 14.8 Å². The summed E-state index contributed by atoms with van der Waals surface area (Å²) in [5.41, 5.74) is 9.62. The Balaban J connectivity index is 1.95. The Labute approximate surface area is 115 Å². The van der Waals surface area contributed by atoms with Crippen molar-refractivity contribution in [2.45, 2.75) is 13.5 Å². The zero-order valence-electron chi connectivity index (χ0n) is 10.6. The normalized spacial score (nSPS) is 10.8. The third kappa shape index (κ3) is 2.37. The quantitative estimate of drug-likeness (QED) is 0.743. The minimum atomic E-state index is 0.757. The lowest BCUT2D eigenvalue weighted by Crippen LogP contribution is -1.91. The van der Waals surface area contributed by atoms with Gasteiger partial charge in [-0.05, 0) is 19.1 Å². The first-order valence-corrected chi connectivity index (χ1v) is 6.98. The summed E-state index contributed by atoms with van der Waals surface area (Å²) in [5.74, 6) is 0. The van der Waals surface area contributed by atoms with Gasteiger partial charge >= 0.3 is 0 Å². The van der Waals surface area contributed by atoms with Crippen LogP contribution in [0.15, 0.2) is 42.0 Å². The van der Waals surface area contributed by atoms with Gasteiger partial charge in [0.15, 0.2) is 0 Å². The molecule has 0 aliphatic carbocycles. The molecule has 3 rings (SSSR count). The summed E-state index contributed by atoms with van der Waals surface area (Å²) in [6.07, 6.45) is 3.86. The van der Waals surface area contributed by atoms with E-state index in [2.05, 4.69) is 22.4 Å². The van der Waals surface area contributed by atoms with Crippen LogP contribution in [0.1, 0.15) is 6.92 Å². The summed E-state index contributed by atoms with van der Waals surface area (Å²) in [4.78, 5) is 4.65.